The quantitative estimate of drug-likeness (QED) is 0.686. The molecule has 27 heavy (non-hydrogen) atoms. The number of methoxy groups -OCH3 is 1. The van der Waals surface area contributed by atoms with E-state index < -0.39 is 0 Å². The maximum absolute atomic E-state index is 12.3. The van der Waals surface area contributed by atoms with E-state index in [9.17, 15) is 9.59 Å². The number of amides is 1. The number of carbonyl (C=O) groups is 2. The molecule has 0 saturated carbocycles. The zero-order valence-corrected chi connectivity index (χ0v) is 15.6. The van der Waals surface area contributed by atoms with E-state index in [-0.39, 0.29) is 30.6 Å². The molecule has 1 saturated heterocycles. The van der Waals surface area contributed by atoms with Crippen LogP contribution in [0.5, 0.6) is 5.75 Å². The summed E-state index contributed by atoms with van der Waals surface area (Å²) >= 11 is 0. The highest BCUT2D eigenvalue weighted by Crippen LogP contribution is 2.25. The molecule has 6 heteroatoms. The number of nitrogens with one attached hydrogen (secondary N) is 1. The molecule has 1 unspecified atom stereocenters. The lowest BCUT2D eigenvalue weighted by Gasteiger charge is -2.26. The number of carbonyl (C=O) groups excluding carboxylic acids is 2. The van der Waals surface area contributed by atoms with Crippen LogP contribution in [-0.4, -0.2) is 43.3 Å². The zero-order chi connectivity index (χ0) is 19.1. The van der Waals surface area contributed by atoms with Crippen molar-refractivity contribution in [2.75, 3.05) is 26.7 Å². The molecular weight excluding hydrogens is 344 g/mol. The lowest BCUT2D eigenvalue weighted by atomic mass is 10.1. The normalized spacial score (nSPS) is 15.4. The Morgan fingerprint density at radius 2 is 2.00 bits per heavy atom. The van der Waals surface area contributed by atoms with Crippen molar-refractivity contribution in [3.05, 3.63) is 54.0 Å². The van der Waals surface area contributed by atoms with Crippen LogP contribution in [-0.2, 0) is 4.79 Å². The van der Waals surface area contributed by atoms with Crippen LogP contribution in [0.25, 0.3) is 0 Å². The molecule has 0 aliphatic carbocycles. The second-order valence-electron chi connectivity index (χ2n) is 6.73. The molecule has 2 aromatic rings. The van der Waals surface area contributed by atoms with Crippen molar-refractivity contribution in [2.24, 2.45) is 0 Å². The SMILES string of the molecule is COc1cccc(C(=O)CCC(=O)NCC(c2ccco2)N2CCCC2)c1. The Kier molecular flexibility index (Phi) is 6.65. The maximum atomic E-state index is 12.3. The van der Waals surface area contributed by atoms with E-state index >= 15 is 0 Å². The van der Waals surface area contributed by atoms with Gasteiger partial charge in [0.1, 0.15) is 11.5 Å². The summed E-state index contributed by atoms with van der Waals surface area (Å²) in [4.78, 5) is 26.9. The third-order valence-corrected chi connectivity index (χ3v) is 4.92. The summed E-state index contributed by atoms with van der Waals surface area (Å²) in [5, 5.41) is 2.96. The van der Waals surface area contributed by atoms with Crippen molar-refractivity contribution in [1.29, 1.82) is 0 Å². The van der Waals surface area contributed by atoms with Crippen molar-refractivity contribution >= 4 is 11.7 Å². The van der Waals surface area contributed by atoms with E-state index in [1.54, 1.807) is 37.6 Å². The first-order valence-electron chi connectivity index (χ1n) is 9.39. The van der Waals surface area contributed by atoms with Crippen molar-refractivity contribution in [2.45, 2.75) is 31.7 Å². The zero-order valence-electron chi connectivity index (χ0n) is 15.6. The van der Waals surface area contributed by atoms with E-state index in [0.29, 0.717) is 17.9 Å². The van der Waals surface area contributed by atoms with Crippen LogP contribution in [0.4, 0.5) is 0 Å². The van der Waals surface area contributed by atoms with Crippen LogP contribution < -0.4 is 10.1 Å². The van der Waals surface area contributed by atoms with Crippen molar-refractivity contribution in [3.63, 3.8) is 0 Å². The molecule has 0 bridgehead atoms. The molecular formula is C21H26N2O4. The fourth-order valence-electron chi connectivity index (χ4n) is 3.41. The number of likely N-dealkylation sites (tertiary alicyclic amines) is 1. The molecule has 1 fully saturated rings. The first kappa shape index (κ1) is 19.2. The fraction of sp³-hybridized carbons (Fsp3) is 0.429. The molecule has 1 aliphatic rings. The van der Waals surface area contributed by atoms with Crippen LogP contribution in [0.3, 0.4) is 0 Å². The second-order valence-corrected chi connectivity index (χ2v) is 6.73. The summed E-state index contributed by atoms with van der Waals surface area (Å²) in [6.45, 7) is 2.50. The molecule has 6 nitrogen and oxygen atoms in total. The van der Waals surface area contributed by atoms with Gasteiger partial charge >= 0.3 is 0 Å². The number of hydrogen-bond acceptors (Lipinski definition) is 5. The van der Waals surface area contributed by atoms with Crippen LogP contribution in [0.2, 0.25) is 0 Å². The molecule has 1 atom stereocenters. The van der Waals surface area contributed by atoms with Gasteiger partial charge < -0.3 is 14.5 Å². The lowest BCUT2D eigenvalue weighted by molar-refractivity contribution is -0.121. The van der Waals surface area contributed by atoms with Crippen molar-refractivity contribution < 1.29 is 18.7 Å². The first-order chi connectivity index (χ1) is 13.2. The van der Waals surface area contributed by atoms with Crippen LogP contribution in [0.15, 0.2) is 47.1 Å². The largest absolute Gasteiger partial charge is 0.497 e. The Morgan fingerprint density at radius 1 is 1.19 bits per heavy atom. The van der Waals surface area contributed by atoms with Gasteiger partial charge in [0, 0.05) is 24.9 Å². The summed E-state index contributed by atoms with van der Waals surface area (Å²) in [6.07, 6.45) is 4.34. The van der Waals surface area contributed by atoms with Crippen molar-refractivity contribution in [1.82, 2.24) is 10.2 Å². The predicted molar refractivity (Wildman–Crippen MR) is 102 cm³/mol. The first-order valence-corrected chi connectivity index (χ1v) is 9.39. The number of ketones is 1. The summed E-state index contributed by atoms with van der Waals surface area (Å²) < 4.78 is 10.7. The van der Waals surface area contributed by atoms with Gasteiger partial charge in [0.2, 0.25) is 5.91 Å². The molecule has 0 radical (unpaired) electrons. The van der Waals surface area contributed by atoms with Crippen LogP contribution >= 0.6 is 0 Å². The molecule has 1 aliphatic heterocycles. The number of Topliss-reactive ketones (excluding diaryl/α,β-unsaturated/α-hetero) is 1. The lowest BCUT2D eigenvalue weighted by Crippen LogP contribution is -2.36. The molecule has 1 aromatic carbocycles. The average molecular weight is 370 g/mol. The highest BCUT2D eigenvalue weighted by molar-refractivity contribution is 5.98. The Hall–Kier alpha value is -2.60. The minimum absolute atomic E-state index is 0.0422. The topological polar surface area (TPSA) is 71.8 Å². The number of furan rings is 1. The van der Waals surface area contributed by atoms with Gasteiger partial charge in [-0.1, -0.05) is 12.1 Å². The molecule has 0 spiro atoms. The van der Waals surface area contributed by atoms with Gasteiger partial charge in [-0.3, -0.25) is 14.5 Å². The van der Waals surface area contributed by atoms with Gasteiger partial charge in [0.15, 0.2) is 5.78 Å². The highest BCUT2D eigenvalue weighted by Gasteiger charge is 2.25. The van der Waals surface area contributed by atoms with Gasteiger partial charge in [-0.25, -0.2) is 0 Å². The van der Waals surface area contributed by atoms with Gasteiger partial charge in [0.25, 0.3) is 0 Å². The van der Waals surface area contributed by atoms with Gasteiger partial charge in [-0.05, 0) is 50.2 Å². The number of benzene rings is 1. The summed E-state index contributed by atoms with van der Waals surface area (Å²) in [7, 11) is 1.56. The van der Waals surface area contributed by atoms with Gasteiger partial charge in [0.05, 0.1) is 19.4 Å². The second kappa shape index (κ2) is 9.37. The Bertz CT molecular complexity index is 751. The summed E-state index contributed by atoms with van der Waals surface area (Å²) in [5.74, 6) is 1.31. The van der Waals surface area contributed by atoms with Crippen LogP contribution in [0.1, 0.15) is 47.8 Å². The maximum Gasteiger partial charge on any atom is 0.220 e. The van der Waals surface area contributed by atoms with E-state index in [2.05, 4.69) is 10.2 Å². The number of rotatable bonds is 9. The smallest absolute Gasteiger partial charge is 0.220 e. The average Bonchev–Trinajstić information content (AvgIpc) is 3.41. The highest BCUT2D eigenvalue weighted by atomic mass is 16.5. The Balaban J connectivity index is 1.50. The molecule has 1 aromatic heterocycles. The van der Waals surface area contributed by atoms with Gasteiger partial charge in [-0.2, -0.15) is 0 Å². The Morgan fingerprint density at radius 3 is 2.70 bits per heavy atom. The monoisotopic (exact) mass is 370 g/mol. The summed E-state index contributed by atoms with van der Waals surface area (Å²) in [5.41, 5.74) is 0.563. The van der Waals surface area contributed by atoms with E-state index in [1.807, 2.05) is 12.1 Å². The fourth-order valence-corrected chi connectivity index (χ4v) is 3.41. The van der Waals surface area contributed by atoms with E-state index in [1.165, 1.54) is 12.8 Å². The number of ether oxygens (including phenoxy) is 1. The third kappa shape index (κ3) is 5.20. The molecule has 144 valence electrons. The molecule has 2 heterocycles. The predicted octanol–water partition coefficient (Wildman–Crippen LogP) is 3.20. The summed E-state index contributed by atoms with van der Waals surface area (Å²) in [6, 6.07) is 10.9. The standard InChI is InChI=1S/C21H26N2O4/c1-26-17-7-4-6-16(14-17)19(24)9-10-21(25)22-15-18(20-8-5-13-27-20)23-11-2-3-12-23/h4-8,13-14,18H,2-3,9-12,15H2,1H3,(H,22,25). The van der Waals surface area contributed by atoms with Crippen molar-refractivity contribution in [3.8, 4) is 5.75 Å². The molecule has 1 amide bonds. The van der Waals surface area contributed by atoms with Crippen LogP contribution in [0, 0.1) is 0 Å². The third-order valence-electron chi connectivity index (χ3n) is 4.92. The minimum Gasteiger partial charge on any atom is -0.497 e. The number of nitrogens with zero attached hydrogens (tertiary/aromatic N) is 1. The van der Waals surface area contributed by atoms with E-state index in [4.69, 9.17) is 9.15 Å². The van der Waals surface area contributed by atoms with Gasteiger partial charge in [-0.15, -0.1) is 0 Å². The Labute approximate surface area is 159 Å². The molecule has 1 N–H and O–H groups in total. The number of hydrogen-bond donors (Lipinski definition) is 1. The minimum atomic E-state index is -0.123. The molecule has 3 rings (SSSR count). The van der Waals surface area contributed by atoms with E-state index in [0.717, 1.165) is 18.8 Å².